The minimum absolute atomic E-state index is 0.0891. The van der Waals surface area contributed by atoms with Crippen LogP contribution in [0.1, 0.15) is 10.4 Å². The maximum absolute atomic E-state index is 13.0. The summed E-state index contributed by atoms with van der Waals surface area (Å²) < 4.78 is 2.00. The maximum atomic E-state index is 13.0. The van der Waals surface area contributed by atoms with E-state index >= 15 is 0 Å². The van der Waals surface area contributed by atoms with E-state index in [0.717, 1.165) is 38.1 Å². The van der Waals surface area contributed by atoms with Gasteiger partial charge in [-0.15, -0.1) is 0 Å². The van der Waals surface area contributed by atoms with Crippen molar-refractivity contribution < 1.29 is 9.36 Å². The second-order valence-corrected chi connectivity index (χ2v) is 6.70. The van der Waals surface area contributed by atoms with E-state index in [0.29, 0.717) is 0 Å². The lowest BCUT2D eigenvalue weighted by Crippen LogP contribution is -2.38. The molecule has 0 aliphatic heterocycles. The van der Waals surface area contributed by atoms with Crippen molar-refractivity contribution >= 4 is 38.4 Å². The molecule has 0 saturated heterocycles. The van der Waals surface area contributed by atoms with Gasteiger partial charge in [-0.1, -0.05) is 48.5 Å². The summed E-state index contributed by atoms with van der Waals surface area (Å²) in [5.41, 5.74) is 2.64. The molecule has 0 atom stereocenters. The van der Waals surface area contributed by atoms with Crippen molar-refractivity contribution in [1.82, 2.24) is 4.98 Å². The van der Waals surface area contributed by atoms with Crippen LogP contribution in [0.4, 0.5) is 0 Å². The van der Waals surface area contributed by atoms with Gasteiger partial charge in [0.15, 0.2) is 6.20 Å². The Balaban J connectivity index is 1.61. The number of hydrogen-bond donors (Lipinski definition) is 0. The fraction of sp³-hybridized carbons (Fsp3) is 0.0417. The van der Waals surface area contributed by atoms with Crippen molar-refractivity contribution in [3.8, 4) is 0 Å². The molecule has 0 spiro atoms. The van der Waals surface area contributed by atoms with Crippen molar-refractivity contribution in [2.75, 3.05) is 0 Å². The van der Waals surface area contributed by atoms with Crippen LogP contribution >= 0.6 is 0 Å². The predicted octanol–water partition coefficient (Wildman–Crippen LogP) is 4.71. The van der Waals surface area contributed by atoms with Gasteiger partial charge in [-0.25, -0.2) is 4.98 Å². The molecule has 3 aromatic carbocycles. The molecule has 0 unspecified atom stereocenters. The van der Waals surface area contributed by atoms with E-state index in [1.807, 2.05) is 65.4 Å². The summed E-state index contributed by atoms with van der Waals surface area (Å²) in [7, 11) is 0. The molecule has 0 amide bonds. The number of rotatable bonds is 3. The fourth-order valence-electron chi connectivity index (χ4n) is 3.65. The Morgan fingerprint density at radius 1 is 0.778 bits per heavy atom. The normalized spacial score (nSPS) is 11.3. The van der Waals surface area contributed by atoms with Gasteiger partial charge in [0.25, 0.3) is 0 Å². The third-order valence-corrected chi connectivity index (χ3v) is 4.99. The number of carbonyl (C=O) groups excluding carboxylic acids is 1. The standard InChI is InChI=1S/C24H17N2O/c27-22(21-12-9-17-5-1-2-6-20(17)15-21)16-26-14-4-8-19-11-10-18-7-3-13-25-23(18)24(19)26/h1-15H,16H2/q+1. The summed E-state index contributed by atoms with van der Waals surface area (Å²) in [5.74, 6) is 0.0891. The average molecular weight is 349 g/mol. The van der Waals surface area contributed by atoms with Gasteiger partial charge < -0.3 is 0 Å². The topological polar surface area (TPSA) is 33.8 Å². The summed E-state index contributed by atoms with van der Waals surface area (Å²) in [6.45, 7) is 0.283. The minimum atomic E-state index is 0.0891. The van der Waals surface area contributed by atoms with Gasteiger partial charge in [-0.2, -0.15) is 4.57 Å². The van der Waals surface area contributed by atoms with Crippen molar-refractivity contribution in [1.29, 1.82) is 0 Å². The highest BCUT2D eigenvalue weighted by Crippen LogP contribution is 2.21. The Kier molecular flexibility index (Phi) is 3.65. The molecule has 2 heterocycles. The monoisotopic (exact) mass is 349 g/mol. The van der Waals surface area contributed by atoms with E-state index in [1.54, 1.807) is 6.20 Å². The Hall–Kier alpha value is -3.59. The summed E-state index contributed by atoms with van der Waals surface area (Å²) in [6, 6.07) is 26.1. The Bertz CT molecular complexity index is 1320. The first kappa shape index (κ1) is 15.6. The van der Waals surface area contributed by atoms with Gasteiger partial charge in [0, 0.05) is 28.6 Å². The number of fused-ring (bicyclic) bond motifs is 4. The molecule has 27 heavy (non-hydrogen) atoms. The molecule has 0 radical (unpaired) electrons. The van der Waals surface area contributed by atoms with Gasteiger partial charge in [0.2, 0.25) is 17.8 Å². The van der Waals surface area contributed by atoms with Gasteiger partial charge in [-0.3, -0.25) is 4.79 Å². The molecule has 0 aliphatic rings. The molecule has 5 rings (SSSR count). The number of nitrogens with zero attached hydrogens (tertiary/aromatic N) is 2. The highest BCUT2D eigenvalue weighted by Gasteiger charge is 2.18. The van der Waals surface area contributed by atoms with Crippen molar-refractivity contribution in [2.24, 2.45) is 0 Å². The molecule has 3 heteroatoms. The van der Waals surface area contributed by atoms with Crippen LogP contribution in [0.2, 0.25) is 0 Å². The van der Waals surface area contributed by atoms with Crippen LogP contribution in [-0.2, 0) is 6.54 Å². The molecule has 0 N–H and O–H groups in total. The number of ketones is 1. The smallest absolute Gasteiger partial charge is 0.239 e. The first-order valence-electron chi connectivity index (χ1n) is 8.97. The van der Waals surface area contributed by atoms with E-state index in [-0.39, 0.29) is 12.3 Å². The van der Waals surface area contributed by atoms with Crippen LogP contribution in [0, 0.1) is 0 Å². The molecule has 5 aromatic rings. The second kappa shape index (κ2) is 6.29. The molecule has 0 saturated carbocycles. The van der Waals surface area contributed by atoms with Gasteiger partial charge in [0.05, 0.1) is 0 Å². The molecule has 2 aromatic heterocycles. The zero-order chi connectivity index (χ0) is 18.2. The largest absolute Gasteiger partial charge is 0.287 e. The number of benzene rings is 3. The van der Waals surface area contributed by atoms with Gasteiger partial charge in [0.1, 0.15) is 5.52 Å². The molecular weight excluding hydrogens is 332 g/mol. The van der Waals surface area contributed by atoms with Crippen LogP contribution in [0.25, 0.3) is 32.6 Å². The number of hydrogen-bond acceptors (Lipinski definition) is 2. The third-order valence-electron chi connectivity index (χ3n) is 4.99. The summed E-state index contributed by atoms with van der Waals surface area (Å²) in [5, 5.41) is 4.37. The summed E-state index contributed by atoms with van der Waals surface area (Å²) in [4.78, 5) is 17.6. The molecule has 0 aliphatic carbocycles. The average Bonchev–Trinajstić information content (AvgIpc) is 2.73. The number of pyridine rings is 2. The molecule has 3 nitrogen and oxygen atoms in total. The van der Waals surface area contributed by atoms with E-state index in [2.05, 4.69) is 29.2 Å². The zero-order valence-corrected chi connectivity index (χ0v) is 14.7. The molecule has 0 bridgehead atoms. The molecule has 0 fully saturated rings. The summed E-state index contributed by atoms with van der Waals surface area (Å²) in [6.07, 6.45) is 3.75. The van der Waals surface area contributed by atoms with E-state index in [4.69, 9.17) is 0 Å². The zero-order valence-electron chi connectivity index (χ0n) is 14.7. The highest BCUT2D eigenvalue weighted by molar-refractivity contribution is 6.02. The van der Waals surface area contributed by atoms with Crippen LogP contribution in [0.5, 0.6) is 0 Å². The minimum Gasteiger partial charge on any atom is -0.287 e. The van der Waals surface area contributed by atoms with Crippen molar-refractivity contribution in [3.63, 3.8) is 0 Å². The lowest BCUT2D eigenvalue weighted by atomic mass is 10.0. The quantitative estimate of drug-likeness (QED) is 0.268. The molecular formula is C24H17N2O+. The Labute approximate surface area is 156 Å². The van der Waals surface area contributed by atoms with Gasteiger partial charge in [-0.05, 0) is 35.0 Å². The van der Waals surface area contributed by atoms with Crippen LogP contribution in [-0.4, -0.2) is 10.8 Å². The number of carbonyl (C=O) groups is 1. The van der Waals surface area contributed by atoms with E-state index < -0.39 is 0 Å². The first-order chi connectivity index (χ1) is 13.3. The van der Waals surface area contributed by atoms with Crippen molar-refractivity contribution in [3.05, 3.63) is 96.8 Å². The predicted molar refractivity (Wildman–Crippen MR) is 108 cm³/mol. The number of Topliss-reactive ketones (excluding diaryl/α,β-unsaturated/α-hetero) is 1. The summed E-state index contributed by atoms with van der Waals surface area (Å²) >= 11 is 0. The highest BCUT2D eigenvalue weighted by atomic mass is 16.1. The Morgan fingerprint density at radius 2 is 1.52 bits per heavy atom. The molecule has 128 valence electrons. The number of aromatic nitrogens is 2. The lowest BCUT2D eigenvalue weighted by molar-refractivity contribution is -0.656. The van der Waals surface area contributed by atoms with Gasteiger partial charge >= 0.3 is 0 Å². The van der Waals surface area contributed by atoms with Crippen LogP contribution < -0.4 is 4.57 Å². The lowest BCUT2D eigenvalue weighted by Gasteiger charge is -2.05. The first-order valence-corrected chi connectivity index (χ1v) is 8.97. The third kappa shape index (κ3) is 2.74. The Morgan fingerprint density at radius 3 is 2.44 bits per heavy atom. The fourth-order valence-corrected chi connectivity index (χ4v) is 3.65. The van der Waals surface area contributed by atoms with Crippen molar-refractivity contribution in [2.45, 2.75) is 6.54 Å². The van der Waals surface area contributed by atoms with E-state index in [1.165, 1.54) is 0 Å². The SMILES string of the molecule is O=C(C[n+]1cccc2ccc3cccnc3c21)c1ccc2ccccc2c1. The van der Waals surface area contributed by atoms with E-state index in [9.17, 15) is 4.79 Å². The van der Waals surface area contributed by atoms with Crippen LogP contribution in [0.3, 0.4) is 0 Å². The maximum Gasteiger partial charge on any atom is 0.239 e. The second-order valence-electron chi connectivity index (χ2n) is 6.70. The van der Waals surface area contributed by atoms with Crippen LogP contribution in [0.15, 0.2) is 91.3 Å².